The highest BCUT2D eigenvalue weighted by atomic mass is 35.5. The van der Waals surface area contributed by atoms with Crippen molar-refractivity contribution < 1.29 is 28.7 Å². The van der Waals surface area contributed by atoms with E-state index in [1.807, 2.05) is 85.8 Å². The van der Waals surface area contributed by atoms with Crippen LogP contribution in [-0.2, 0) is 26.3 Å². The monoisotopic (exact) mass is 983 g/mol. The molecule has 4 aliphatic rings. The molecule has 13 nitrogen and oxygen atoms in total. The molecule has 3 unspecified atom stereocenters. The number of amides is 6. The van der Waals surface area contributed by atoms with Crippen LogP contribution in [0.1, 0.15) is 122 Å². The van der Waals surface area contributed by atoms with Crippen LogP contribution in [0.25, 0.3) is 0 Å². The maximum absolute atomic E-state index is 15.1. The van der Waals surface area contributed by atoms with Gasteiger partial charge in [0.05, 0.1) is 30.8 Å². The summed E-state index contributed by atoms with van der Waals surface area (Å²) in [5, 5.41) is 6.71. The predicted octanol–water partition coefficient (Wildman–Crippen LogP) is 8.98. The van der Waals surface area contributed by atoms with Gasteiger partial charge in [0.25, 0.3) is 5.91 Å². The van der Waals surface area contributed by atoms with Crippen molar-refractivity contribution in [2.24, 2.45) is 4.99 Å². The van der Waals surface area contributed by atoms with E-state index in [-0.39, 0.29) is 67.2 Å². The Morgan fingerprint density at radius 1 is 0.886 bits per heavy atom. The van der Waals surface area contributed by atoms with Gasteiger partial charge in [0.2, 0.25) is 17.7 Å². The third kappa shape index (κ3) is 11.0. The van der Waals surface area contributed by atoms with Gasteiger partial charge in [-0.05, 0) is 102 Å². The molecule has 6 amide bonds. The highest BCUT2D eigenvalue weighted by molar-refractivity contribution is 6.30. The minimum atomic E-state index is -0.552. The Morgan fingerprint density at radius 2 is 1.57 bits per heavy atom. The van der Waals surface area contributed by atoms with Gasteiger partial charge >= 0.3 is 6.03 Å². The Kier molecular flexibility index (Phi) is 15.3. The fraction of sp³-hybridized carbons (Fsp3) is 0.382. The molecular formula is C55H59Cl2N7O6. The Bertz CT molecular complexity index is 2770. The number of unbranched alkanes of at least 4 members (excludes halogenated alkanes) is 2. The summed E-state index contributed by atoms with van der Waals surface area (Å²) >= 11 is 12.7. The van der Waals surface area contributed by atoms with Crippen LogP contribution in [0.2, 0.25) is 10.0 Å². The number of fused-ring (bicyclic) bond motifs is 1. The quantitative estimate of drug-likeness (QED) is 0.107. The minimum absolute atomic E-state index is 0.0847. The van der Waals surface area contributed by atoms with Crippen LogP contribution in [-0.4, -0.2) is 100 Å². The van der Waals surface area contributed by atoms with Gasteiger partial charge in [-0.3, -0.25) is 29.1 Å². The molecule has 0 aliphatic carbocycles. The van der Waals surface area contributed by atoms with Gasteiger partial charge in [0, 0.05) is 78.9 Å². The van der Waals surface area contributed by atoms with Crippen molar-refractivity contribution in [3.8, 4) is 17.6 Å². The molecule has 0 aromatic heterocycles. The van der Waals surface area contributed by atoms with Crippen LogP contribution in [0.3, 0.4) is 0 Å². The van der Waals surface area contributed by atoms with Gasteiger partial charge in [-0.15, -0.1) is 0 Å². The van der Waals surface area contributed by atoms with Crippen molar-refractivity contribution in [1.82, 2.24) is 30.2 Å². The number of amidine groups is 1. The van der Waals surface area contributed by atoms with Crippen molar-refractivity contribution in [2.45, 2.75) is 96.3 Å². The van der Waals surface area contributed by atoms with E-state index in [0.717, 1.165) is 27.8 Å². The molecule has 4 heterocycles. The van der Waals surface area contributed by atoms with Crippen LogP contribution in [0.4, 0.5) is 4.79 Å². The second-order valence-electron chi connectivity index (χ2n) is 19.0. The van der Waals surface area contributed by atoms with Gasteiger partial charge in [-0.2, -0.15) is 0 Å². The van der Waals surface area contributed by atoms with E-state index in [2.05, 4.69) is 55.9 Å². The first kappa shape index (κ1) is 49.8. The second kappa shape index (κ2) is 21.6. The molecule has 2 fully saturated rings. The molecule has 2 N–H and O–H groups in total. The average Bonchev–Trinajstić information content (AvgIpc) is 3.90. The van der Waals surface area contributed by atoms with Gasteiger partial charge in [0.1, 0.15) is 17.6 Å². The Labute approximate surface area is 420 Å². The normalized spacial score (nSPS) is 19.0. The molecule has 0 bridgehead atoms. The van der Waals surface area contributed by atoms with Crippen molar-refractivity contribution >= 4 is 58.7 Å². The lowest BCUT2D eigenvalue weighted by Gasteiger charge is -2.39. The van der Waals surface area contributed by atoms with E-state index in [9.17, 15) is 19.2 Å². The Balaban J connectivity index is 0.875. The first-order valence-corrected chi connectivity index (χ1v) is 24.8. The number of ether oxygens (including phenoxy) is 1. The van der Waals surface area contributed by atoms with E-state index in [1.54, 1.807) is 19.6 Å². The highest BCUT2D eigenvalue weighted by Crippen LogP contribution is 2.46. The summed E-state index contributed by atoms with van der Waals surface area (Å²) in [6.07, 6.45) is 2.97. The minimum Gasteiger partial charge on any atom is -0.493 e. The molecule has 3 atom stereocenters. The van der Waals surface area contributed by atoms with E-state index in [0.29, 0.717) is 96.8 Å². The van der Waals surface area contributed by atoms with Crippen molar-refractivity contribution in [1.29, 1.82) is 0 Å². The lowest BCUT2D eigenvalue weighted by atomic mass is 9.86. The number of carbonyl (C=O) groups is 5. The molecule has 4 aromatic rings. The van der Waals surface area contributed by atoms with Crippen LogP contribution < -0.4 is 15.4 Å². The third-order valence-electron chi connectivity index (χ3n) is 13.3. The smallest absolute Gasteiger partial charge is 0.326 e. The molecule has 2 saturated heterocycles. The first-order valence-electron chi connectivity index (χ1n) is 24.0. The standard InChI is InChI=1S/C55H59Cl2N7O6/c1-6-70-46-32-39(55(3,4)5)20-25-43(46)52-60-50(37-16-21-40(56)22-17-37)51(38-18-23-41(57)24-19-38)64(52)54(69)62-30-28-61(29-31-62)49(67)33-58-47(65)15-10-8-7-9-12-36-13-11-14-42-44(36)34-63(53(42)68)45-26-27-48(66)59-35(45)2/h11,13-14,16-25,32,45,50-51H,2,6-8,10,15,26-31,33-34H2,1,3-5H3,(H,58,65)(H,59,66). The van der Waals surface area contributed by atoms with E-state index >= 15 is 4.79 Å². The number of aliphatic imine (C=N–C) groups is 1. The molecule has 0 radical (unpaired) electrons. The van der Waals surface area contributed by atoms with Crippen LogP contribution in [0, 0.1) is 11.8 Å². The zero-order valence-electron chi connectivity index (χ0n) is 40.2. The first-order chi connectivity index (χ1) is 33.6. The lowest BCUT2D eigenvalue weighted by molar-refractivity contribution is -0.134. The summed E-state index contributed by atoms with van der Waals surface area (Å²) in [5.74, 6) is 6.92. The van der Waals surface area contributed by atoms with E-state index in [1.165, 1.54) is 0 Å². The number of nitrogens with zero attached hydrogens (tertiary/aromatic N) is 5. The van der Waals surface area contributed by atoms with Crippen molar-refractivity contribution in [3.05, 3.63) is 146 Å². The number of carbonyl (C=O) groups excluding carboxylic acids is 5. The third-order valence-corrected chi connectivity index (χ3v) is 13.8. The highest BCUT2D eigenvalue weighted by Gasteiger charge is 2.45. The van der Waals surface area contributed by atoms with Crippen molar-refractivity contribution in [3.63, 3.8) is 0 Å². The van der Waals surface area contributed by atoms with E-state index in [4.69, 9.17) is 32.9 Å². The van der Waals surface area contributed by atoms with Gasteiger partial charge in [-0.1, -0.05) is 98.8 Å². The zero-order chi connectivity index (χ0) is 49.7. The van der Waals surface area contributed by atoms with E-state index < -0.39 is 12.1 Å². The van der Waals surface area contributed by atoms with Crippen LogP contribution in [0.15, 0.2) is 102 Å². The number of benzene rings is 4. The molecule has 70 heavy (non-hydrogen) atoms. The zero-order valence-corrected chi connectivity index (χ0v) is 41.7. The van der Waals surface area contributed by atoms with Crippen LogP contribution in [0.5, 0.6) is 5.75 Å². The van der Waals surface area contributed by atoms with Crippen molar-refractivity contribution in [2.75, 3.05) is 39.3 Å². The molecule has 15 heteroatoms. The summed E-state index contributed by atoms with van der Waals surface area (Å²) in [5.41, 5.74) is 6.17. The topological polar surface area (TPSA) is 144 Å². The number of piperazine rings is 1. The number of halogens is 2. The van der Waals surface area contributed by atoms with Crippen LogP contribution >= 0.6 is 23.2 Å². The number of nitrogens with one attached hydrogen (secondary N) is 2. The van der Waals surface area contributed by atoms with Gasteiger partial charge in [0.15, 0.2) is 0 Å². The summed E-state index contributed by atoms with van der Waals surface area (Å²) in [4.78, 5) is 78.8. The molecule has 4 aliphatic heterocycles. The molecule has 4 aromatic carbocycles. The maximum atomic E-state index is 15.1. The number of piperidine rings is 1. The summed E-state index contributed by atoms with van der Waals surface area (Å²) in [6, 6.07) is 25.1. The molecule has 0 saturated carbocycles. The fourth-order valence-electron chi connectivity index (χ4n) is 9.47. The maximum Gasteiger partial charge on any atom is 0.326 e. The SMILES string of the molecule is C=C1NC(=O)CCC1N1Cc2c(C#CCCCCC(=O)NCC(=O)N3CCN(C(=O)N4C(c5ccc(C(C)(C)C)cc5OCC)=NC(c5ccc(Cl)cc5)C4c4ccc(Cl)cc4)CC3)cccc2C1=O. The summed E-state index contributed by atoms with van der Waals surface area (Å²) in [6.45, 7) is 14.2. The summed E-state index contributed by atoms with van der Waals surface area (Å²) < 4.78 is 6.28. The predicted molar refractivity (Wildman–Crippen MR) is 272 cm³/mol. The average molecular weight is 985 g/mol. The number of hydrogen-bond acceptors (Lipinski definition) is 7. The molecule has 8 rings (SSSR count). The lowest BCUT2D eigenvalue weighted by Crippen LogP contribution is -2.56. The number of urea groups is 1. The fourth-order valence-corrected chi connectivity index (χ4v) is 9.72. The van der Waals surface area contributed by atoms with Gasteiger partial charge in [-0.25, -0.2) is 4.79 Å². The second-order valence-corrected chi connectivity index (χ2v) is 19.9. The molecule has 0 spiro atoms. The number of rotatable bonds is 12. The Hall–Kier alpha value is -6.62. The van der Waals surface area contributed by atoms with Gasteiger partial charge < -0.3 is 30.1 Å². The Morgan fingerprint density at radius 3 is 2.24 bits per heavy atom. The molecule has 364 valence electrons. The summed E-state index contributed by atoms with van der Waals surface area (Å²) in [7, 11) is 0. The largest absolute Gasteiger partial charge is 0.493 e. The number of hydrogen-bond donors (Lipinski definition) is 2. The molecular weight excluding hydrogens is 926 g/mol.